The number of nitrogens with zero attached hydrogens (tertiary/aromatic N) is 2. The summed E-state index contributed by atoms with van der Waals surface area (Å²) >= 11 is 0. The molecule has 1 aromatic rings. The molecule has 3 rings (SSSR count). The van der Waals surface area contributed by atoms with E-state index in [1.54, 1.807) is 24.3 Å². The van der Waals surface area contributed by atoms with Crippen molar-refractivity contribution in [3.8, 4) is 5.75 Å². The molecule has 0 aromatic heterocycles. The number of hydrogen-bond donors (Lipinski definition) is 0. The molecule has 2 aliphatic heterocycles. The molecular formula is C20H30N2O6S. The van der Waals surface area contributed by atoms with Crippen LogP contribution in [0.15, 0.2) is 29.2 Å². The molecule has 1 amide bonds. The van der Waals surface area contributed by atoms with Crippen LogP contribution in [0.4, 0.5) is 0 Å². The van der Waals surface area contributed by atoms with Gasteiger partial charge in [0.15, 0.2) is 0 Å². The van der Waals surface area contributed by atoms with Gasteiger partial charge in [0.25, 0.3) is 0 Å². The van der Waals surface area contributed by atoms with E-state index < -0.39 is 10.0 Å². The SMILES string of the molecule is CCOc1ccc(S(=O)(=O)N2CCC(N(C(=O)COC)C3CCOCC3)C2)cc1. The Morgan fingerprint density at radius 1 is 1.17 bits per heavy atom. The minimum Gasteiger partial charge on any atom is -0.494 e. The fourth-order valence-corrected chi connectivity index (χ4v) is 5.54. The summed E-state index contributed by atoms with van der Waals surface area (Å²) in [5.41, 5.74) is 0. The molecule has 2 heterocycles. The number of rotatable bonds is 8. The number of amides is 1. The number of benzene rings is 1. The summed E-state index contributed by atoms with van der Waals surface area (Å²) in [6.45, 7) is 4.31. The molecule has 8 nitrogen and oxygen atoms in total. The van der Waals surface area contributed by atoms with E-state index >= 15 is 0 Å². The molecule has 2 aliphatic rings. The Balaban J connectivity index is 1.74. The third-order valence-corrected chi connectivity index (χ3v) is 7.31. The van der Waals surface area contributed by atoms with Crippen molar-refractivity contribution >= 4 is 15.9 Å². The number of sulfonamides is 1. The van der Waals surface area contributed by atoms with Gasteiger partial charge in [0.1, 0.15) is 12.4 Å². The van der Waals surface area contributed by atoms with Crippen molar-refractivity contribution < 1.29 is 27.4 Å². The average Bonchev–Trinajstić information content (AvgIpc) is 3.20. The maximum absolute atomic E-state index is 13.1. The van der Waals surface area contributed by atoms with Gasteiger partial charge in [-0.15, -0.1) is 0 Å². The molecule has 0 N–H and O–H groups in total. The maximum Gasteiger partial charge on any atom is 0.249 e. The molecule has 1 unspecified atom stereocenters. The number of carbonyl (C=O) groups is 1. The van der Waals surface area contributed by atoms with Crippen molar-refractivity contribution in [3.63, 3.8) is 0 Å². The second-order valence-corrected chi connectivity index (χ2v) is 9.23. The lowest BCUT2D eigenvalue weighted by Crippen LogP contribution is -2.51. The predicted octanol–water partition coefficient (Wildman–Crippen LogP) is 1.50. The van der Waals surface area contributed by atoms with Crippen LogP contribution in [-0.4, -0.2) is 82.2 Å². The van der Waals surface area contributed by atoms with E-state index in [1.807, 2.05) is 11.8 Å². The van der Waals surface area contributed by atoms with Gasteiger partial charge in [0.2, 0.25) is 15.9 Å². The number of ether oxygens (including phenoxy) is 3. The Kier molecular flexibility index (Phi) is 7.50. The highest BCUT2D eigenvalue weighted by atomic mass is 32.2. The topological polar surface area (TPSA) is 85.4 Å². The Bertz CT molecular complexity index is 777. The lowest BCUT2D eigenvalue weighted by Gasteiger charge is -2.38. The zero-order valence-corrected chi connectivity index (χ0v) is 17.9. The predicted molar refractivity (Wildman–Crippen MR) is 107 cm³/mol. The first kappa shape index (κ1) is 22.0. The summed E-state index contributed by atoms with van der Waals surface area (Å²) in [6.07, 6.45) is 2.14. The monoisotopic (exact) mass is 426 g/mol. The molecule has 2 fully saturated rings. The van der Waals surface area contributed by atoms with Gasteiger partial charge in [0.05, 0.1) is 11.5 Å². The zero-order valence-electron chi connectivity index (χ0n) is 17.1. The van der Waals surface area contributed by atoms with Crippen molar-refractivity contribution in [1.29, 1.82) is 0 Å². The Labute approximate surface area is 172 Å². The van der Waals surface area contributed by atoms with E-state index in [4.69, 9.17) is 14.2 Å². The van der Waals surface area contributed by atoms with Crippen LogP contribution in [0.5, 0.6) is 5.75 Å². The first-order chi connectivity index (χ1) is 14.0. The summed E-state index contributed by atoms with van der Waals surface area (Å²) in [5, 5.41) is 0. The summed E-state index contributed by atoms with van der Waals surface area (Å²) < 4.78 is 43.5. The number of carbonyl (C=O) groups excluding carboxylic acids is 1. The van der Waals surface area contributed by atoms with E-state index in [2.05, 4.69) is 0 Å². The number of hydrogen-bond acceptors (Lipinski definition) is 6. The minimum absolute atomic E-state index is 0.000498. The summed E-state index contributed by atoms with van der Waals surface area (Å²) in [7, 11) is -2.12. The highest BCUT2D eigenvalue weighted by molar-refractivity contribution is 7.89. The van der Waals surface area contributed by atoms with Crippen LogP contribution in [0.3, 0.4) is 0 Å². The lowest BCUT2D eigenvalue weighted by atomic mass is 10.0. The minimum atomic E-state index is -3.62. The molecule has 0 bridgehead atoms. The highest BCUT2D eigenvalue weighted by Gasteiger charge is 2.39. The molecule has 0 aliphatic carbocycles. The third-order valence-electron chi connectivity index (χ3n) is 5.43. The van der Waals surface area contributed by atoms with Crippen molar-refractivity contribution in [1.82, 2.24) is 9.21 Å². The molecule has 0 spiro atoms. The molecule has 2 saturated heterocycles. The Hall–Kier alpha value is -1.68. The van der Waals surface area contributed by atoms with Crippen LogP contribution in [0.1, 0.15) is 26.2 Å². The maximum atomic E-state index is 13.1. The average molecular weight is 427 g/mol. The normalized spacial score (nSPS) is 21.2. The van der Waals surface area contributed by atoms with Gasteiger partial charge in [-0.3, -0.25) is 4.79 Å². The van der Waals surface area contributed by atoms with E-state index in [9.17, 15) is 13.2 Å². The lowest BCUT2D eigenvalue weighted by molar-refractivity contribution is -0.142. The first-order valence-electron chi connectivity index (χ1n) is 10.1. The molecule has 162 valence electrons. The van der Waals surface area contributed by atoms with Gasteiger partial charge in [0, 0.05) is 45.5 Å². The van der Waals surface area contributed by atoms with Crippen LogP contribution in [0.2, 0.25) is 0 Å². The van der Waals surface area contributed by atoms with Crippen LogP contribution < -0.4 is 4.74 Å². The quantitative estimate of drug-likeness (QED) is 0.626. The van der Waals surface area contributed by atoms with Crippen molar-refractivity contribution in [3.05, 3.63) is 24.3 Å². The third kappa shape index (κ3) is 5.09. The van der Waals surface area contributed by atoms with Gasteiger partial charge < -0.3 is 19.1 Å². The summed E-state index contributed by atoms with van der Waals surface area (Å²) in [5.74, 6) is 0.548. The van der Waals surface area contributed by atoms with Crippen molar-refractivity contribution in [2.45, 2.75) is 43.2 Å². The summed E-state index contributed by atoms with van der Waals surface area (Å²) in [6, 6.07) is 6.38. The zero-order chi connectivity index (χ0) is 20.9. The molecule has 1 atom stereocenters. The largest absolute Gasteiger partial charge is 0.494 e. The molecule has 0 saturated carbocycles. The number of methoxy groups -OCH3 is 1. The molecule has 29 heavy (non-hydrogen) atoms. The van der Waals surface area contributed by atoms with Gasteiger partial charge >= 0.3 is 0 Å². The standard InChI is InChI=1S/C20H30N2O6S/c1-3-28-18-4-6-19(7-5-18)29(24,25)21-11-8-17(14-21)22(20(23)15-26-2)16-9-12-27-13-10-16/h4-7,16-17H,3,8-15H2,1-2H3. The smallest absolute Gasteiger partial charge is 0.249 e. The summed E-state index contributed by atoms with van der Waals surface area (Å²) in [4.78, 5) is 14.8. The first-order valence-corrected chi connectivity index (χ1v) is 11.5. The van der Waals surface area contributed by atoms with Crippen LogP contribution in [0.25, 0.3) is 0 Å². The Morgan fingerprint density at radius 3 is 2.48 bits per heavy atom. The van der Waals surface area contributed by atoms with Gasteiger partial charge in [-0.25, -0.2) is 8.42 Å². The van der Waals surface area contributed by atoms with Crippen LogP contribution in [0, 0.1) is 0 Å². The van der Waals surface area contributed by atoms with E-state index in [0.717, 1.165) is 12.8 Å². The van der Waals surface area contributed by atoms with Gasteiger partial charge in [-0.2, -0.15) is 4.31 Å². The fraction of sp³-hybridized carbons (Fsp3) is 0.650. The van der Waals surface area contributed by atoms with E-state index in [-0.39, 0.29) is 29.5 Å². The second kappa shape index (κ2) is 9.88. The van der Waals surface area contributed by atoms with E-state index in [1.165, 1.54) is 11.4 Å². The molecule has 1 aromatic carbocycles. The van der Waals surface area contributed by atoms with Crippen LogP contribution in [-0.2, 0) is 24.3 Å². The molecule has 0 radical (unpaired) electrons. The van der Waals surface area contributed by atoms with Crippen molar-refractivity contribution in [2.24, 2.45) is 0 Å². The Morgan fingerprint density at radius 2 is 1.86 bits per heavy atom. The second-order valence-electron chi connectivity index (χ2n) is 7.29. The molecule has 9 heteroatoms. The van der Waals surface area contributed by atoms with Gasteiger partial charge in [-0.05, 0) is 50.5 Å². The fourth-order valence-electron chi connectivity index (χ4n) is 4.05. The van der Waals surface area contributed by atoms with E-state index in [0.29, 0.717) is 45.1 Å². The highest BCUT2D eigenvalue weighted by Crippen LogP contribution is 2.28. The van der Waals surface area contributed by atoms with Gasteiger partial charge in [-0.1, -0.05) is 0 Å². The van der Waals surface area contributed by atoms with Crippen molar-refractivity contribution in [2.75, 3.05) is 46.6 Å². The molecular weight excluding hydrogens is 396 g/mol. The van der Waals surface area contributed by atoms with Crippen LogP contribution >= 0.6 is 0 Å².